The maximum Gasteiger partial charge on any atom is 0.270 e. The van der Waals surface area contributed by atoms with Crippen LogP contribution in [0.5, 0.6) is 0 Å². The van der Waals surface area contributed by atoms with Crippen LogP contribution in [0, 0.1) is 0 Å². The number of hydrogen-bond acceptors (Lipinski definition) is 5. The number of nitrogen functional groups attached to an aromatic ring is 1. The van der Waals surface area contributed by atoms with Crippen molar-refractivity contribution in [3.63, 3.8) is 0 Å². The maximum atomic E-state index is 11.7. The summed E-state index contributed by atoms with van der Waals surface area (Å²) in [5, 5.41) is 3.20. The lowest BCUT2D eigenvalue weighted by atomic mass is 10.3. The van der Waals surface area contributed by atoms with Gasteiger partial charge in [0.1, 0.15) is 11.5 Å². The summed E-state index contributed by atoms with van der Waals surface area (Å²) >= 11 is 1.70. The molecular weight excluding hydrogens is 224 g/mol. The number of rotatable bonds is 5. The topological polar surface area (TPSA) is 80.0 Å². The van der Waals surface area contributed by atoms with Crippen LogP contribution in [0.15, 0.2) is 18.2 Å². The third-order valence-electron chi connectivity index (χ3n) is 2.08. The number of amides is 1. The highest BCUT2D eigenvalue weighted by atomic mass is 32.2. The van der Waals surface area contributed by atoms with Gasteiger partial charge in [0.2, 0.25) is 0 Å². The Hall–Kier alpha value is -1.27. The number of thioether (sulfide) groups is 1. The molecule has 1 rings (SSSR count). The van der Waals surface area contributed by atoms with Crippen molar-refractivity contribution < 1.29 is 4.79 Å². The lowest BCUT2D eigenvalue weighted by Gasteiger charge is -2.09. The van der Waals surface area contributed by atoms with E-state index in [1.807, 2.05) is 6.26 Å². The van der Waals surface area contributed by atoms with Crippen molar-refractivity contribution >= 4 is 23.5 Å². The molecule has 0 bridgehead atoms. The van der Waals surface area contributed by atoms with Gasteiger partial charge in [0, 0.05) is 11.8 Å². The minimum atomic E-state index is -0.182. The van der Waals surface area contributed by atoms with Crippen molar-refractivity contribution in [2.45, 2.75) is 12.2 Å². The quantitative estimate of drug-likeness (QED) is 0.525. The zero-order chi connectivity index (χ0) is 12.0. The van der Waals surface area contributed by atoms with E-state index < -0.39 is 0 Å². The van der Waals surface area contributed by atoms with Crippen molar-refractivity contribution in [2.24, 2.45) is 5.84 Å². The summed E-state index contributed by atoms with van der Waals surface area (Å²) in [6.45, 7) is 2.68. The molecule has 4 N–H and O–H groups in total. The highest BCUT2D eigenvalue weighted by Gasteiger charge is 2.08. The molecule has 1 aromatic heterocycles. The van der Waals surface area contributed by atoms with Gasteiger partial charge < -0.3 is 10.7 Å². The minimum absolute atomic E-state index is 0.182. The highest BCUT2D eigenvalue weighted by Crippen LogP contribution is 2.05. The van der Waals surface area contributed by atoms with Gasteiger partial charge in [0.15, 0.2) is 0 Å². The summed E-state index contributed by atoms with van der Waals surface area (Å²) in [7, 11) is 0. The van der Waals surface area contributed by atoms with Crippen LogP contribution >= 0.6 is 11.8 Å². The fraction of sp³-hybridized carbons (Fsp3) is 0.400. The van der Waals surface area contributed by atoms with Crippen LogP contribution in [0.3, 0.4) is 0 Å². The van der Waals surface area contributed by atoms with E-state index in [4.69, 9.17) is 5.84 Å². The smallest absolute Gasteiger partial charge is 0.270 e. The Bertz CT molecular complexity index is 358. The first kappa shape index (κ1) is 12.8. The second-order valence-electron chi connectivity index (χ2n) is 3.31. The predicted molar refractivity (Wildman–Crippen MR) is 67.4 cm³/mol. The van der Waals surface area contributed by atoms with Crippen LogP contribution < -0.4 is 16.6 Å². The molecule has 1 heterocycles. The molecule has 0 saturated heterocycles. The molecule has 6 heteroatoms. The molecular formula is C10H16N4OS. The number of nitrogens with one attached hydrogen (secondary N) is 2. The van der Waals surface area contributed by atoms with E-state index in [0.717, 1.165) is 0 Å². The van der Waals surface area contributed by atoms with E-state index in [0.29, 0.717) is 23.3 Å². The average molecular weight is 240 g/mol. The van der Waals surface area contributed by atoms with Gasteiger partial charge in [-0.3, -0.25) is 4.79 Å². The largest absolute Gasteiger partial charge is 0.350 e. The van der Waals surface area contributed by atoms with E-state index in [1.165, 1.54) is 0 Å². The molecule has 0 aliphatic rings. The molecule has 0 spiro atoms. The van der Waals surface area contributed by atoms with Crippen LogP contribution in [0.4, 0.5) is 5.82 Å². The van der Waals surface area contributed by atoms with Gasteiger partial charge in [-0.15, -0.1) is 0 Å². The second kappa shape index (κ2) is 6.34. The van der Waals surface area contributed by atoms with Crippen LogP contribution in [0.1, 0.15) is 17.4 Å². The zero-order valence-electron chi connectivity index (χ0n) is 9.36. The normalized spacial score (nSPS) is 11.9. The summed E-state index contributed by atoms with van der Waals surface area (Å²) in [5.41, 5.74) is 2.77. The number of aromatic nitrogens is 1. The Morgan fingerprint density at radius 3 is 3.00 bits per heavy atom. The van der Waals surface area contributed by atoms with Gasteiger partial charge in [-0.05, 0) is 18.4 Å². The lowest BCUT2D eigenvalue weighted by molar-refractivity contribution is 0.0949. The monoisotopic (exact) mass is 240 g/mol. The Kier molecular flexibility index (Phi) is 5.07. The summed E-state index contributed by atoms with van der Waals surface area (Å²) in [6.07, 6.45) is 2.01. The van der Waals surface area contributed by atoms with E-state index >= 15 is 0 Å². The van der Waals surface area contributed by atoms with Crippen LogP contribution in [-0.4, -0.2) is 28.9 Å². The highest BCUT2D eigenvalue weighted by molar-refractivity contribution is 7.99. The first-order valence-corrected chi connectivity index (χ1v) is 6.21. The first-order valence-electron chi connectivity index (χ1n) is 4.92. The fourth-order valence-corrected chi connectivity index (χ4v) is 1.30. The number of carbonyl (C=O) groups is 1. The van der Waals surface area contributed by atoms with Crippen LogP contribution in [-0.2, 0) is 0 Å². The molecule has 0 aliphatic heterocycles. The molecule has 16 heavy (non-hydrogen) atoms. The van der Waals surface area contributed by atoms with Gasteiger partial charge in [0.05, 0.1) is 0 Å². The third kappa shape index (κ3) is 3.71. The number of hydrogen-bond donors (Lipinski definition) is 3. The molecule has 1 atom stereocenters. The van der Waals surface area contributed by atoms with Crippen molar-refractivity contribution in [1.82, 2.24) is 10.3 Å². The third-order valence-corrected chi connectivity index (χ3v) is 3.05. The molecule has 1 unspecified atom stereocenters. The van der Waals surface area contributed by atoms with Crippen LogP contribution in [0.25, 0.3) is 0 Å². The summed E-state index contributed by atoms with van der Waals surface area (Å²) in [5.74, 6) is 5.51. The van der Waals surface area contributed by atoms with Gasteiger partial charge in [-0.1, -0.05) is 13.0 Å². The standard InChI is InChI=1S/C10H16N4OS/c1-7(16-2)6-12-10(15)8-4-3-5-9(13-8)14-11/h3-5,7H,6,11H2,1-2H3,(H,12,15)(H,13,14). The lowest BCUT2D eigenvalue weighted by Crippen LogP contribution is -2.30. The second-order valence-corrected chi connectivity index (χ2v) is 4.58. The molecule has 0 fully saturated rings. The molecule has 0 aliphatic carbocycles. The molecule has 1 aromatic rings. The predicted octanol–water partition coefficient (Wildman–Crippen LogP) is 0.849. The number of hydrazine groups is 1. The molecule has 5 nitrogen and oxygen atoms in total. The average Bonchev–Trinajstić information content (AvgIpc) is 2.35. The van der Waals surface area contributed by atoms with Gasteiger partial charge in [-0.25, -0.2) is 10.8 Å². The zero-order valence-corrected chi connectivity index (χ0v) is 10.2. The van der Waals surface area contributed by atoms with Crippen molar-refractivity contribution in [1.29, 1.82) is 0 Å². The van der Waals surface area contributed by atoms with Gasteiger partial charge >= 0.3 is 0 Å². The number of pyridine rings is 1. The van der Waals surface area contributed by atoms with Crippen molar-refractivity contribution in [2.75, 3.05) is 18.2 Å². The molecule has 0 radical (unpaired) electrons. The number of nitrogens with zero attached hydrogens (tertiary/aromatic N) is 1. The summed E-state index contributed by atoms with van der Waals surface area (Å²) in [6, 6.07) is 5.08. The fourth-order valence-electron chi connectivity index (χ4n) is 1.05. The molecule has 1 amide bonds. The molecule has 88 valence electrons. The summed E-state index contributed by atoms with van der Waals surface area (Å²) in [4.78, 5) is 15.7. The van der Waals surface area contributed by atoms with E-state index in [9.17, 15) is 4.79 Å². The van der Waals surface area contributed by atoms with E-state index in [2.05, 4.69) is 22.7 Å². The van der Waals surface area contributed by atoms with Crippen molar-refractivity contribution in [3.05, 3.63) is 23.9 Å². The number of carbonyl (C=O) groups excluding carboxylic acids is 1. The van der Waals surface area contributed by atoms with Crippen LogP contribution in [0.2, 0.25) is 0 Å². The first-order chi connectivity index (χ1) is 7.67. The Labute approximate surface area is 99.2 Å². The maximum absolute atomic E-state index is 11.7. The number of anilines is 1. The number of nitrogens with two attached hydrogens (primary N) is 1. The van der Waals surface area contributed by atoms with Gasteiger partial charge in [-0.2, -0.15) is 11.8 Å². The van der Waals surface area contributed by atoms with Crippen molar-refractivity contribution in [3.8, 4) is 0 Å². The molecule has 0 aromatic carbocycles. The van der Waals surface area contributed by atoms with Gasteiger partial charge in [0.25, 0.3) is 5.91 Å². The molecule has 0 saturated carbocycles. The van der Waals surface area contributed by atoms with E-state index in [-0.39, 0.29) is 5.91 Å². The minimum Gasteiger partial charge on any atom is -0.350 e. The SMILES string of the molecule is CSC(C)CNC(=O)c1cccc(NN)n1. The Morgan fingerprint density at radius 2 is 2.38 bits per heavy atom. The van der Waals surface area contributed by atoms with E-state index in [1.54, 1.807) is 30.0 Å². The summed E-state index contributed by atoms with van der Waals surface area (Å²) < 4.78 is 0. The Balaban J connectivity index is 2.58. The Morgan fingerprint density at radius 1 is 1.62 bits per heavy atom.